The van der Waals surface area contributed by atoms with Crippen LogP contribution in [0.1, 0.15) is 11.4 Å². The molecular weight excluding hydrogens is 236 g/mol. The highest BCUT2D eigenvalue weighted by Crippen LogP contribution is 2.22. The number of aromatic nitrogens is 2. The van der Waals surface area contributed by atoms with Crippen molar-refractivity contribution in [2.75, 3.05) is 0 Å². The molecule has 0 aliphatic carbocycles. The van der Waals surface area contributed by atoms with E-state index in [1.807, 2.05) is 42.5 Å². The minimum atomic E-state index is 0.0350. The van der Waals surface area contributed by atoms with Crippen molar-refractivity contribution in [1.29, 1.82) is 0 Å². The van der Waals surface area contributed by atoms with Gasteiger partial charge in [0.1, 0.15) is 5.82 Å². The molecule has 4 rings (SSSR count). The van der Waals surface area contributed by atoms with Crippen LogP contribution in [0.3, 0.4) is 0 Å². The fraction of sp³-hybridized carbons (Fsp3) is 0.125. The maximum atomic E-state index is 12.7. The van der Waals surface area contributed by atoms with Crippen LogP contribution >= 0.6 is 0 Å². The summed E-state index contributed by atoms with van der Waals surface area (Å²) in [6, 6.07) is 15.6. The van der Waals surface area contributed by atoms with E-state index in [2.05, 4.69) is 11.1 Å². The Kier molecular flexibility index (Phi) is 2.09. The number of benzene rings is 2. The van der Waals surface area contributed by atoms with Gasteiger partial charge in [-0.3, -0.25) is 9.36 Å². The minimum absolute atomic E-state index is 0.0350. The van der Waals surface area contributed by atoms with Crippen LogP contribution in [0.2, 0.25) is 0 Å². The van der Waals surface area contributed by atoms with Crippen molar-refractivity contribution in [3.05, 3.63) is 70.3 Å². The van der Waals surface area contributed by atoms with Gasteiger partial charge in [0.2, 0.25) is 0 Å². The van der Waals surface area contributed by atoms with E-state index in [1.54, 1.807) is 4.57 Å². The summed E-state index contributed by atoms with van der Waals surface area (Å²) >= 11 is 0. The molecule has 0 amide bonds. The SMILES string of the molecule is O=c1c2ccccc2nc2n1-c1ccccc1CC2. The highest BCUT2D eigenvalue weighted by Gasteiger charge is 2.19. The van der Waals surface area contributed by atoms with E-state index in [9.17, 15) is 4.79 Å². The summed E-state index contributed by atoms with van der Waals surface area (Å²) in [7, 11) is 0. The van der Waals surface area contributed by atoms with Crippen molar-refractivity contribution in [2.24, 2.45) is 0 Å². The summed E-state index contributed by atoms with van der Waals surface area (Å²) in [5.41, 5.74) is 3.02. The van der Waals surface area contributed by atoms with Crippen molar-refractivity contribution >= 4 is 10.9 Å². The lowest BCUT2D eigenvalue weighted by Crippen LogP contribution is -2.28. The molecule has 3 heteroatoms. The predicted molar refractivity (Wildman–Crippen MR) is 74.7 cm³/mol. The highest BCUT2D eigenvalue weighted by molar-refractivity contribution is 5.78. The Morgan fingerprint density at radius 2 is 1.74 bits per heavy atom. The first-order valence-corrected chi connectivity index (χ1v) is 6.43. The van der Waals surface area contributed by atoms with Crippen molar-refractivity contribution in [1.82, 2.24) is 9.55 Å². The second kappa shape index (κ2) is 3.79. The topological polar surface area (TPSA) is 34.9 Å². The lowest BCUT2D eigenvalue weighted by molar-refractivity contribution is 0.742. The molecule has 1 aliphatic heterocycles. The van der Waals surface area contributed by atoms with E-state index < -0.39 is 0 Å². The summed E-state index contributed by atoms with van der Waals surface area (Å²) in [6.07, 6.45) is 1.76. The molecule has 0 saturated heterocycles. The smallest absolute Gasteiger partial charge is 0.265 e. The zero-order valence-electron chi connectivity index (χ0n) is 10.3. The largest absolute Gasteiger partial charge is 0.268 e. The number of hydrogen-bond acceptors (Lipinski definition) is 2. The van der Waals surface area contributed by atoms with Crippen LogP contribution in [0.15, 0.2) is 53.3 Å². The summed E-state index contributed by atoms with van der Waals surface area (Å²) < 4.78 is 1.77. The van der Waals surface area contributed by atoms with Crippen LogP contribution in [-0.4, -0.2) is 9.55 Å². The minimum Gasteiger partial charge on any atom is -0.268 e. The molecule has 3 aromatic rings. The normalized spacial score (nSPS) is 13.1. The summed E-state index contributed by atoms with van der Waals surface area (Å²) in [6.45, 7) is 0. The maximum Gasteiger partial charge on any atom is 0.265 e. The van der Waals surface area contributed by atoms with Gasteiger partial charge in [0.15, 0.2) is 0 Å². The average Bonchev–Trinajstić information content (AvgIpc) is 2.47. The first-order chi connectivity index (χ1) is 9.34. The van der Waals surface area contributed by atoms with E-state index in [4.69, 9.17) is 0 Å². The molecule has 92 valence electrons. The number of para-hydroxylation sites is 2. The first kappa shape index (κ1) is 10.5. The molecule has 0 saturated carbocycles. The van der Waals surface area contributed by atoms with Gasteiger partial charge in [0.25, 0.3) is 5.56 Å². The fourth-order valence-corrected chi connectivity index (χ4v) is 2.78. The van der Waals surface area contributed by atoms with Crippen molar-refractivity contribution in [2.45, 2.75) is 12.8 Å². The number of fused-ring (bicyclic) bond motifs is 4. The van der Waals surface area contributed by atoms with Crippen LogP contribution in [0.5, 0.6) is 0 Å². The lowest BCUT2D eigenvalue weighted by atomic mass is 10.0. The molecule has 0 unspecified atom stereocenters. The number of aryl methyl sites for hydroxylation is 2. The molecule has 2 aromatic carbocycles. The zero-order valence-corrected chi connectivity index (χ0v) is 10.3. The molecule has 19 heavy (non-hydrogen) atoms. The molecule has 0 bridgehead atoms. The molecule has 1 aromatic heterocycles. The van der Waals surface area contributed by atoms with Crippen molar-refractivity contribution < 1.29 is 0 Å². The van der Waals surface area contributed by atoms with Crippen LogP contribution in [0.4, 0.5) is 0 Å². The second-order valence-electron chi connectivity index (χ2n) is 4.81. The lowest BCUT2D eigenvalue weighted by Gasteiger charge is -2.21. The van der Waals surface area contributed by atoms with Gasteiger partial charge in [0.05, 0.1) is 16.6 Å². The molecule has 0 atom stereocenters. The van der Waals surface area contributed by atoms with Gasteiger partial charge in [-0.05, 0) is 30.2 Å². The standard InChI is InChI=1S/C16H12N2O/c19-16-12-6-2-3-7-13(12)17-15-10-9-11-5-1-4-8-14(11)18(15)16/h1-8H,9-10H2. The molecule has 0 fully saturated rings. The first-order valence-electron chi connectivity index (χ1n) is 6.43. The van der Waals surface area contributed by atoms with Crippen LogP contribution < -0.4 is 5.56 Å². The Labute approximate surface area is 110 Å². The number of hydrogen-bond donors (Lipinski definition) is 0. The molecule has 1 aliphatic rings. The van der Waals surface area contributed by atoms with Gasteiger partial charge < -0.3 is 0 Å². The predicted octanol–water partition coefficient (Wildman–Crippen LogP) is 2.48. The van der Waals surface area contributed by atoms with Gasteiger partial charge in [-0.25, -0.2) is 4.98 Å². The van der Waals surface area contributed by atoms with Gasteiger partial charge in [-0.2, -0.15) is 0 Å². The Bertz CT molecular complexity index is 849. The summed E-state index contributed by atoms with van der Waals surface area (Å²) in [4.78, 5) is 17.3. The van der Waals surface area contributed by atoms with Gasteiger partial charge in [-0.1, -0.05) is 30.3 Å². The van der Waals surface area contributed by atoms with Gasteiger partial charge >= 0.3 is 0 Å². The Morgan fingerprint density at radius 3 is 2.68 bits per heavy atom. The van der Waals surface area contributed by atoms with E-state index in [1.165, 1.54) is 5.56 Å². The third-order valence-corrected chi connectivity index (χ3v) is 3.70. The van der Waals surface area contributed by atoms with Crippen LogP contribution in [0.25, 0.3) is 16.6 Å². The van der Waals surface area contributed by atoms with Gasteiger partial charge in [-0.15, -0.1) is 0 Å². The van der Waals surface area contributed by atoms with E-state index in [0.717, 1.165) is 29.9 Å². The molecule has 0 spiro atoms. The average molecular weight is 248 g/mol. The summed E-state index contributed by atoms with van der Waals surface area (Å²) in [5, 5.41) is 0.683. The summed E-state index contributed by atoms with van der Waals surface area (Å²) in [5.74, 6) is 0.863. The molecule has 2 heterocycles. The molecular formula is C16H12N2O. The number of nitrogens with zero attached hydrogens (tertiary/aromatic N) is 2. The third kappa shape index (κ3) is 1.45. The van der Waals surface area contributed by atoms with Crippen molar-refractivity contribution in [3.8, 4) is 5.69 Å². The Hall–Kier alpha value is -2.42. The highest BCUT2D eigenvalue weighted by atomic mass is 16.1. The zero-order chi connectivity index (χ0) is 12.8. The molecule has 3 nitrogen and oxygen atoms in total. The van der Waals surface area contributed by atoms with Crippen molar-refractivity contribution in [3.63, 3.8) is 0 Å². The monoisotopic (exact) mass is 248 g/mol. The van der Waals surface area contributed by atoms with Crippen LogP contribution in [0, 0.1) is 0 Å². The second-order valence-corrected chi connectivity index (χ2v) is 4.81. The van der Waals surface area contributed by atoms with E-state index in [0.29, 0.717) is 5.39 Å². The van der Waals surface area contributed by atoms with Crippen LogP contribution in [-0.2, 0) is 12.8 Å². The Morgan fingerprint density at radius 1 is 0.947 bits per heavy atom. The molecule has 0 radical (unpaired) electrons. The van der Waals surface area contributed by atoms with E-state index >= 15 is 0 Å². The third-order valence-electron chi connectivity index (χ3n) is 3.70. The fourth-order valence-electron chi connectivity index (χ4n) is 2.78. The van der Waals surface area contributed by atoms with Gasteiger partial charge in [0, 0.05) is 6.42 Å². The Balaban J connectivity index is 2.16. The maximum absolute atomic E-state index is 12.7. The quantitative estimate of drug-likeness (QED) is 0.612. The van der Waals surface area contributed by atoms with E-state index in [-0.39, 0.29) is 5.56 Å². The molecule has 0 N–H and O–H groups in total. The number of rotatable bonds is 0.